The standard InChI is InChI=1S/C15H14N4O4S/c20-13(16-12-5-6-18(17-12)8-15(22)23)7-19-10-3-1-2-4-11(10)24-9-14(19)21/h1-6H,7-9H2,(H,22,23)(H,16,17,20). The lowest BCUT2D eigenvalue weighted by atomic mass is 10.2. The zero-order valence-electron chi connectivity index (χ0n) is 12.5. The first-order valence-corrected chi connectivity index (χ1v) is 8.09. The molecule has 8 nitrogen and oxygen atoms in total. The molecule has 3 rings (SSSR count). The molecule has 2 heterocycles. The molecular formula is C15H14N4O4S. The predicted octanol–water partition coefficient (Wildman–Crippen LogP) is 1.05. The molecule has 2 amide bonds. The van der Waals surface area contributed by atoms with Gasteiger partial charge in [-0.2, -0.15) is 5.10 Å². The van der Waals surface area contributed by atoms with Crippen molar-refractivity contribution in [3.05, 3.63) is 36.5 Å². The van der Waals surface area contributed by atoms with E-state index in [9.17, 15) is 14.4 Å². The van der Waals surface area contributed by atoms with Gasteiger partial charge < -0.3 is 15.3 Å². The van der Waals surface area contributed by atoms with Crippen molar-refractivity contribution in [1.82, 2.24) is 9.78 Å². The van der Waals surface area contributed by atoms with E-state index in [-0.39, 0.29) is 30.6 Å². The third kappa shape index (κ3) is 3.57. The highest BCUT2D eigenvalue weighted by molar-refractivity contribution is 8.00. The molecule has 0 atom stereocenters. The fraction of sp³-hybridized carbons (Fsp3) is 0.200. The van der Waals surface area contributed by atoms with Gasteiger partial charge in [0.25, 0.3) is 0 Å². The van der Waals surface area contributed by atoms with Gasteiger partial charge >= 0.3 is 5.97 Å². The molecule has 0 aliphatic carbocycles. The maximum absolute atomic E-state index is 12.2. The van der Waals surface area contributed by atoms with Gasteiger partial charge in [-0.1, -0.05) is 12.1 Å². The number of aliphatic carboxylic acids is 1. The normalized spacial score (nSPS) is 13.5. The maximum Gasteiger partial charge on any atom is 0.325 e. The van der Waals surface area contributed by atoms with Crippen LogP contribution in [-0.4, -0.2) is 45.0 Å². The molecule has 1 aromatic carbocycles. The van der Waals surface area contributed by atoms with Crippen molar-refractivity contribution in [3.63, 3.8) is 0 Å². The number of thioether (sulfide) groups is 1. The number of nitrogens with one attached hydrogen (secondary N) is 1. The van der Waals surface area contributed by atoms with Gasteiger partial charge in [-0.05, 0) is 12.1 Å². The fourth-order valence-corrected chi connectivity index (χ4v) is 3.24. The average Bonchev–Trinajstić information content (AvgIpc) is 2.96. The SMILES string of the molecule is O=C(O)Cn1ccc(NC(=O)CN2C(=O)CSc3ccccc32)n1. The van der Waals surface area contributed by atoms with Crippen LogP contribution in [0.25, 0.3) is 0 Å². The molecule has 0 bridgehead atoms. The second kappa shape index (κ2) is 6.75. The van der Waals surface area contributed by atoms with Gasteiger partial charge in [0.05, 0.1) is 11.4 Å². The lowest BCUT2D eigenvalue weighted by molar-refractivity contribution is -0.137. The molecule has 0 saturated carbocycles. The van der Waals surface area contributed by atoms with Crippen LogP contribution in [0.4, 0.5) is 11.5 Å². The number of anilines is 2. The number of hydrogen-bond donors (Lipinski definition) is 2. The molecule has 0 saturated heterocycles. The Labute approximate surface area is 141 Å². The molecule has 0 spiro atoms. The van der Waals surface area contributed by atoms with Crippen LogP contribution < -0.4 is 10.2 Å². The van der Waals surface area contributed by atoms with E-state index in [0.717, 1.165) is 4.90 Å². The van der Waals surface area contributed by atoms with E-state index in [1.54, 1.807) is 6.07 Å². The number of carbonyl (C=O) groups is 3. The number of carbonyl (C=O) groups excluding carboxylic acids is 2. The lowest BCUT2D eigenvalue weighted by Crippen LogP contribution is -2.41. The van der Waals surface area contributed by atoms with Crippen LogP contribution in [-0.2, 0) is 20.9 Å². The summed E-state index contributed by atoms with van der Waals surface area (Å²) in [5, 5.41) is 15.2. The number of carboxylic acids is 1. The van der Waals surface area contributed by atoms with E-state index in [4.69, 9.17) is 5.11 Å². The van der Waals surface area contributed by atoms with Gasteiger partial charge in [-0.3, -0.25) is 19.1 Å². The van der Waals surface area contributed by atoms with Crippen LogP contribution in [0.3, 0.4) is 0 Å². The Kier molecular flexibility index (Phi) is 4.52. The van der Waals surface area contributed by atoms with Gasteiger partial charge in [-0.15, -0.1) is 11.8 Å². The molecule has 0 radical (unpaired) electrons. The number of fused-ring (bicyclic) bond motifs is 1. The van der Waals surface area contributed by atoms with Crippen molar-refractivity contribution >= 4 is 41.1 Å². The van der Waals surface area contributed by atoms with Crippen molar-refractivity contribution in [2.75, 3.05) is 22.5 Å². The largest absolute Gasteiger partial charge is 0.480 e. The van der Waals surface area contributed by atoms with Crippen LogP contribution in [0.15, 0.2) is 41.4 Å². The summed E-state index contributed by atoms with van der Waals surface area (Å²) in [6, 6.07) is 8.91. The second-order valence-electron chi connectivity index (χ2n) is 5.08. The van der Waals surface area contributed by atoms with E-state index < -0.39 is 11.9 Å². The smallest absolute Gasteiger partial charge is 0.325 e. The number of nitrogens with zero attached hydrogens (tertiary/aromatic N) is 3. The fourth-order valence-electron chi connectivity index (χ4n) is 2.31. The first kappa shape index (κ1) is 16.1. The Balaban J connectivity index is 1.67. The number of amides is 2. The van der Waals surface area contributed by atoms with E-state index in [0.29, 0.717) is 5.69 Å². The van der Waals surface area contributed by atoms with Gasteiger partial charge in [0, 0.05) is 17.2 Å². The number of aromatic nitrogens is 2. The Morgan fingerprint density at radius 2 is 2.04 bits per heavy atom. The molecular weight excluding hydrogens is 332 g/mol. The number of hydrogen-bond acceptors (Lipinski definition) is 5. The minimum absolute atomic E-state index is 0.123. The quantitative estimate of drug-likeness (QED) is 0.838. The van der Waals surface area contributed by atoms with Gasteiger partial charge in [0.2, 0.25) is 11.8 Å². The average molecular weight is 346 g/mol. The molecule has 24 heavy (non-hydrogen) atoms. The summed E-state index contributed by atoms with van der Waals surface area (Å²) >= 11 is 1.45. The molecule has 2 aromatic rings. The minimum atomic E-state index is -1.02. The highest BCUT2D eigenvalue weighted by Gasteiger charge is 2.26. The number of benzene rings is 1. The summed E-state index contributed by atoms with van der Waals surface area (Å²) in [6.45, 7) is -0.409. The molecule has 1 aliphatic rings. The minimum Gasteiger partial charge on any atom is -0.480 e. The highest BCUT2D eigenvalue weighted by atomic mass is 32.2. The Hall–Kier alpha value is -2.81. The molecule has 1 aliphatic heterocycles. The van der Waals surface area contributed by atoms with Crippen molar-refractivity contribution in [2.45, 2.75) is 11.4 Å². The molecule has 1 aromatic heterocycles. The Bertz CT molecular complexity index is 804. The first-order chi connectivity index (χ1) is 11.5. The van der Waals surface area contributed by atoms with E-state index in [2.05, 4.69) is 10.4 Å². The monoisotopic (exact) mass is 346 g/mol. The van der Waals surface area contributed by atoms with Crippen molar-refractivity contribution in [3.8, 4) is 0 Å². The summed E-state index contributed by atoms with van der Waals surface area (Å²) < 4.78 is 1.20. The van der Waals surface area contributed by atoms with Crippen molar-refractivity contribution in [1.29, 1.82) is 0 Å². The Morgan fingerprint density at radius 3 is 2.83 bits per heavy atom. The zero-order chi connectivity index (χ0) is 17.1. The summed E-state index contributed by atoms with van der Waals surface area (Å²) in [6.07, 6.45) is 1.46. The summed E-state index contributed by atoms with van der Waals surface area (Å²) in [5.41, 5.74) is 0.713. The molecule has 124 valence electrons. The van der Waals surface area contributed by atoms with Crippen LogP contribution >= 0.6 is 11.8 Å². The first-order valence-electron chi connectivity index (χ1n) is 7.10. The van der Waals surface area contributed by atoms with Crippen LogP contribution in [0.5, 0.6) is 0 Å². The third-order valence-electron chi connectivity index (χ3n) is 3.32. The lowest BCUT2D eigenvalue weighted by Gasteiger charge is -2.28. The molecule has 0 fully saturated rings. The van der Waals surface area contributed by atoms with E-state index >= 15 is 0 Å². The van der Waals surface area contributed by atoms with E-state index in [1.807, 2.05) is 18.2 Å². The highest BCUT2D eigenvalue weighted by Crippen LogP contribution is 2.34. The Morgan fingerprint density at radius 1 is 1.25 bits per heavy atom. The predicted molar refractivity (Wildman–Crippen MR) is 88.0 cm³/mol. The summed E-state index contributed by atoms with van der Waals surface area (Å²) in [5.74, 6) is -1.02. The summed E-state index contributed by atoms with van der Waals surface area (Å²) in [4.78, 5) is 37.3. The van der Waals surface area contributed by atoms with Crippen LogP contribution in [0, 0.1) is 0 Å². The van der Waals surface area contributed by atoms with Crippen LogP contribution in [0.2, 0.25) is 0 Å². The van der Waals surface area contributed by atoms with Gasteiger partial charge in [0.15, 0.2) is 5.82 Å². The van der Waals surface area contributed by atoms with E-state index in [1.165, 1.54) is 33.6 Å². The summed E-state index contributed by atoms with van der Waals surface area (Å²) in [7, 11) is 0. The van der Waals surface area contributed by atoms with Crippen molar-refractivity contribution < 1.29 is 19.5 Å². The van der Waals surface area contributed by atoms with Crippen LogP contribution in [0.1, 0.15) is 0 Å². The molecule has 2 N–H and O–H groups in total. The molecule has 9 heteroatoms. The second-order valence-corrected chi connectivity index (χ2v) is 6.09. The number of rotatable bonds is 5. The zero-order valence-corrected chi connectivity index (χ0v) is 13.3. The third-order valence-corrected chi connectivity index (χ3v) is 4.36. The topological polar surface area (TPSA) is 105 Å². The number of carboxylic acid groups (broad SMARTS) is 1. The molecule has 0 unspecified atom stereocenters. The van der Waals surface area contributed by atoms with Gasteiger partial charge in [0.1, 0.15) is 13.1 Å². The van der Waals surface area contributed by atoms with Gasteiger partial charge in [-0.25, -0.2) is 0 Å². The van der Waals surface area contributed by atoms with Crippen molar-refractivity contribution in [2.24, 2.45) is 0 Å². The maximum atomic E-state index is 12.2. The number of para-hydroxylation sites is 1.